The molecule has 4 aromatic rings. The summed E-state index contributed by atoms with van der Waals surface area (Å²) in [6.07, 6.45) is 0. The van der Waals surface area contributed by atoms with Gasteiger partial charge < -0.3 is 10.3 Å². The van der Waals surface area contributed by atoms with Crippen LogP contribution in [0.3, 0.4) is 0 Å². The summed E-state index contributed by atoms with van der Waals surface area (Å²) in [6.45, 7) is 0. The third-order valence-corrected chi connectivity index (χ3v) is 5.03. The number of nitrogens with zero attached hydrogens (tertiary/aromatic N) is 1. The number of aromatic amines is 1. The molecule has 3 aromatic carbocycles. The predicted octanol–water partition coefficient (Wildman–Crippen LogP) is 5.06. The minimum absolute atomic E-state index is 0.233. The highest BCUT2D eigenvalue weighted by Crippen LogP contribution is 2.18. The van der Waals surface area contributed by atoms with Gasteiger partial charge in [0.25, 0.3) is 11.5 Å². The van der Waals surface area contributed by atoms with E-state index in [2.05, 4.69) is 26.2 Å². The van der Waals surface area contributed by atoms with Crippen molar-refractivity contribution in [2.45, 2.75) is 0 Å². The molecule has 0 atom stereocenters. The molecule has 0 saturated carbocycles. The molecule has 1 aromatic heterocycles. The van der Waals surface area contributed by atoms with Gasteiger partial charge in [-0.1, -0.05) is 40.2 Å². The molecule has 0 fully saturated rings. The van der Waals surface area contributed by atoms with E-state index < -0.39 is 0 Å². The lowest BCUT2D eigenvalue weighted by Crippen LogP contribution is -2.21. The molecule has 28 heavy (non-hydrogen) atoms. The van der Waals surface area contributed by atoms with Gasteiger partial charge in [-0.25, -0.2) is 0 Å². The number of aromatic nitrogens is 2. The van der Waals surface area contributed by atoms with Gasteiger partial charge in [-0.05, 0) is 60.7 Å². The van der Waals surface area contributed by atoms with E-state index in [0.29, 0.717) is 27.8 Å². The van der Waals surface area contributed by atoms with E-state index in [0.717, 1.165) is 4.47 Å². The number of hydrogen-bond acceptors (Lipinski definition) is 3. The average molecular weight is 452 g/mol. The number of anilines is 1. The Hall–Kier alpha value is -3.03. The second-order valence-corrected chi connectivity index (χ2v) is 7.43. The van der Waals surface area contributed by atoms with Gasteiger partial charge in [0.1, 0.15) is 0 Å². The maximum atomic E-state index is 12.9. The summed E-state index contributed by atoms with van der Waals surface area (Å²) in [5.74, 6) is -0.272. The van der Waals surface area contributed by atoms with Gasteiger partial charge in [0.15, 0.2) is 4.77 Å². The fraction of sp³-hybridized carbons (Fsp3) is 0. The number of halogens is 1. The van der Waals surface area contributed by atoms with Gasteiger partial charge >= 0.3 is 0 Å². The van der Waals surface area contributed by atoms with Gasteiger partial charge in [0.05, 0.1) is 16.6 Å². The van der Waals surface area contributed by atoms with E-state index in [1.165, 1.54) is 4.57 Å². The molecule has 0 aliphatic heterocycles. The number of para-hydroxylation sites is 1. The lowest BCUT2D eigenvalue weighted by atomic mass is 10.1. The van der Waals surface area contributed by atoms with Crippen molar-refractivity contribution < 1.29 is 4.79 Å². The lowest BCUT2D eigenvalue weighted by molar-refractivity contribution is 0.102. The third kappa shape index (κ3) is 3.54. The summed E-state index contributed by atoms with van der Waals surface area (Å²) >= 11 is 8.76. The molecule has 1 amide bonds. The molecular formula is C21H14BrN3O2S. The number of amides is 1. The Kier molecular flexibility index (Phi) is 4.93. The number of benzene rings is 3. The molecule has 0 spiro atoms. The summed E-state index contributed by atoms with van der Waals surface area (Å²) < 4.78 is 2.58. The summed E-state index contributed by atoms with van der Waals surface area (Å²) in [5.41, 5.74) is 2.07. The highest BCUT2D eigenvalue weighted by molar-refractivity contribution is 9.10. The Morgan fingerprint density at radius 1 is 1.00 bits per heavy atom. The molecular weight excluding hydrogens is 438 g/mol. The number of nitrogens with one attached hydrogen (secondary N) is 2. The zero-order chi connectivity index (χ0) is 19.7. The first-order valence-corrected chi connectivity index (χ1v) is 9.64. The lowest BCUT2D eigenvalue weighted by Gasteiger charge is -2.10. The van der Waals surface area contributed by atoms with Crippen molar-refractivity contribution in [3.63, 3.8) is 0 Å². The Bertz CT molecular complexity index is 1310. The molecule has 0 aliphatic carbocycles. The Balaban J connectivity index is 1.75. The molecule has 4 rings (SSSR count). The quantitative estimate of drug-likeness (QED) is 0.427. The van der Waals surface area contributed by atoms with Gasteiger partial charge in [-0.2, -0.15) is 0 Å². The monoisotopic (exact) mass is 451 g/mol. The number of H-pyrrole nitrogens is 1. The molecule has 2 N–H and O–H groups in total. The van der Waals surface area contributed by atoms with Crippen LogP contribution in [0.4, 0.5) is 5.69 Å². The van der Waals surface area contributed by atoms with E-state index >= 15 is 0 Å². The largest absolute Gasteiger partial charge is 0.331 e. The molecule has 138 valence electrons. The zero-order valence-corrected chi connectivity index (χ0v) is 16.9. The first kappa shape index (κ1) is 18.3. The van der Waals surface area contributed by atoms with Crippen LogP contribution in [0.25, 0.3) is 16.6 Å². The van der Waals surface area contributed by atoms with Gasteiger partial charge in [0.2, 0.25) is 0 Å². The van der Waals surface area contributed by atoms with Crippen LogP contribution in [0.15, 0.2) is 82.1 Å². The topological polar surface area (TPSA) is 66.9 Å². The normalized spacial score (nSPS) is 10.8. The molecule has 7 heteroatoms. The van der Waals surface area contributed by atoms with E-state index in [4.69, 9.17) is 12.2 Å². The van der Waals surface area contributed by atoms with Gasteiger partial charge in [-0.15, -0.1) is 0 Å². The smallest absolute Gasteiger partial charge is 0.266 e. The molecule has 0 radical (unpaired) electrons. The van der Waals surface area contributed by atoms with E-state index in [-0.39, 0.29) is 16.2 Å². The average Bonchev–Trinajstić information content (AvgIpc) is 2.68. The number of carbonyl (C=O) groups excluding carboxylic acids is 1. The number of carbonyl (C=O) groups is 1. The van der Waals surface area contributed by atoms with Crippen LogP contribution in [0, 0.1) is 4.77 Å². The maximum Gasteiger partial charge on any atom is 0.266 e. The Labute approximate surface area is 173 Å². The zero-order valence-electron chi connectivity index (χ0n) is 14.5. The SMILES string of the molecule is O=C(Nc1cccc(Br)c1)c1ccc2c(=O)n(-c3ccccc3)c(=S)[nH]c2c1. The summed E-state index contributed by atoms with van der Waals surface area (Å²) in [7, 11) is 0. The van der Waals surface area contributed by atoms with Crippen LogP contribution in [0.2, 0.25) is 0 Å². The molecule has 0 unspecified atom stereocenters. The molecule has 5 nitrogen and oxygen atoms in total. The van der Waals surface area contributed by atoms with Crippen LogP contribution >= 0.6 is 28.1 Å². The van der Waals surface area contributed by atoms with Crippen molar-refractivity contribution in [2.75, 3.05) is 5.32 Å². The third-order valence-electron chi connectivity index (χ3n) is 4.26. The highest BCUT2D eigenvalue weighted by Gasteiger charge is 2.11. The Morgan fingerprint density at radius 2 is 1.79 bits per heavy atom. The van der Waals surface area contributed by atoms with Crippen molar-refractivity contribution in [3.8, 4) is 5.69 Å². The van der Waals surface area contributed by atoms with Crippen molar-refractivity contribution >= 4 is 50.6 Å². The minimum Gasteiger partial charge on any atom is -0.331 e. The van der Waals surface area contributed by atoms with Crippen molar-refractivity contribution in [3.05, 3.63) is 98.0 Å². The van der Waals surface area contributed by atoms with Crippen molar-refractivity contribution in [1.82, 2.24) is 9.55 Å². The summed E-state index contributed by atoms with van der Waals surface area (Å²) in [6, 6.07) is 21.4. The minimum atomic E-state index is -0.272. The molecule has 0 bridgehead atoms. The molecule has 0 aliphatic rings. The van der Waals surface area contributed by atoms with Crippen molar-refractivity contribution in [2.24, 2.45) is 0 Å². The van der Waals surface area contributed by atoms with Gasteiger partial charge in [0, 0.05) is 15.7 Å². The van der Waals surface area contributed by atoms with Gasteiger partial charge in [-0.3, -0.25) is 14.2 Å². The first-order valence-electron chi connectivity index (χ1n) is 8.44. The summed E-state index contributed by atoms with van der Waals surface area (Å²) in [4.78, 5) is 28.6. The predicted molar refractivity (Wildman–Crippen MR) is 117 cm³/mol. The number of rotatable bonds is 3. The first-order chi connectivity index (χ1) is 13.5. The fourth-order valence-electron chi connectivity index (χ4n) is 2.94. The maximum absolute atomic E-state index is 12.9. The van der Waals surface area contributed by atoms with Crippen LogP contribution in [-0.2, 0) is 0 Å². The second-order valence-electron chi connectivity index (χ2n) is 6.13. The van der Waals surface area contributed by atoms with E-state index in [9.17, 15) is 9.59 Å². The summed E-state index contributed by atoms with van der Waals surface area (Å²) in [5, 5.41) is 3.29. The number of hydrogen-bond donors (Lipinski definition) is 2. The second kappa shape index (κ2) is 7.53. The molecule has 0 saturated heterocycles. The van der Waals surface area contributed by atoms with Crippen LogP contribution in [0.1, 0.15) is 10.4 Å². The molecule has 1 heterocycles. The number of fused-ring (bicyclic) bond motifs is 1. The standard InChI is InChI=1S/C21H14BrN3O2S/c22-14-5-4-6-15(12-14)23-19(26)13-9-10-17-18(11-13)24-21(28)25(20(17)27)16-7-2-1-3-8-16/h1-12H,(H,23,26)(H,24,28). The van der Waals surface area contributed by atoms with Crippen LogP contribution < -0.4 is 10.9 Å². The van der Waals surface area contributed by atoms with Crippen LogP contribution in [0.5, 0.6) is 0 Å². The van der Waals surface area contributed by atoms with Crippen LogP contribution in [-0.4, -0.2) is 15.5 Å². The highest BCUT2D eigenvalue weighted by atomic mass is 79.9. The van der Waals surface area contributed by atoms with E-state index in [1.54, 1.807) is 24.3 Å². The fourth-order valence-corrected chi connectivity index (χ4v) is 3.64. The Morgan fingerprint density at radius 3 is 2.54 bits per heavy atom. The van der Waals surface area contributed by atoms with E-state index in [1.807, 2.05) is 48.5 Å². The van der Waals surface area contributed by atoms with Crippen molar-refractivity contribution in [1.29, 1.82) is 0 Å².